The van der Waals surface area contributed by atoms with Gasteiger partial charge in [-0.05, 0) is 54.7 Å². The maximum Gasteiger partial charge on any atom is 0.243 e. The first-order chi connectivity index (χ1) is 14.1. The molecule has 1 aromatic heterocycles. The molecule has 0 atom stereocenters. The summed E-state index contributed by atoms with van der Waals surface area (Å²) in [6.07, 6.45) is 6.71. The zero-order valence-electron chi connectivity index (χ0n) is 16.0. The lowest BCUT2D eigenvalue weighted by atomic mass is 10.0. The minimum absolute atomic E-state index is 0.305. The van der Waals surface area contributed by atoms with E-state index in [9.17, 15) is 8.42 Å². The normalized spacial score (nSPS) is 17.9. The van der Waals surface area contributed by atoms with Crippen molar-refractivity contribution in [2.45, 2.75) is 30.1 Å². The zero-order chi connectivity index (χ0) is 19.8. The van der Waals surface area contributed by atoms with Crippen molar-refractivity contribution in [3.05, 3.63) is 78.3 Å². The number of hydrogen-bond donors (Lipinski definition) is 0. The van der Waals surface area contributed by atoms with E-state index in [1.807, 2.05) is 24.3 Å². The average molecular weight is 407 g/mol. The van der Waals surface area contributed by atoms with Gasteiger partial charge < -0.3 is 4.42 Å². The number of sulfonamides is 1. The smallest absolute Gasteiger partial charge is 0.243 e. The van der Waals surface area contributed by atoms with Crippen LogP contribution in [0, 0.1) is 0 Å². The Morgan fingerprint density at radius 1 is 0.966 bits per heavy atom. The molecular formula is C23H22N2O3S. The van der Waals surface area contributed by atoms with E-state index in [0.29, 0.717) is 36.1 Å². The van der Waals surface area contributed by atoms with Gasteiger partial charge in [-0.1, -0.05) is 36.4 Å². The van der Waals surface area contributed by atoms with E-state index in [1.54, 1.807) is 30.5 Å². The highest BCUT2D eigenvalue weighted by Crippen LogP contribution is 2.40. The molecule has 0 amide bonds. The SMILES string of the molecule is O=S(=O)(c1ccc(-c2cnc(C3CC3)o2)cc1)N1CC=C(c2ccccc2)CC1. The first kappa shape index (κ1) is 18.3. The molecule has 1 saturated carbocycles. The van der Waals surface area contributed by atoms with Gasteiger partial charge in [-0.2, -0.15) is 4.31 Å². The number of nitrogens with zero attached hydrogens (tertiary/aromatic N) is 2. The summed E-state index contributed by atoms with van der Waals surface area (Å²) < 4.78 is 33.4. The van der Waals surface area contributed by atoms with Gasteiger partial charge in [0.2, 0.25) is 10.0 Å². The quantitative estimate of drug-likeness (QED) is 0.616. The molecule has 3 aromatic rings. The van der Waals surface area contributed by atoms with Crippen LogP contribution in [0.25, 0.3) is 16.9 Å². The first-order valence-corrected chi connectivity index (χ1v) is 11.4. The van der Waals surface area contributed by atoms with Crippen LogP contribution in [0.4, 0.5) is 0 Å². The predicted molar refractivity (Wildman–Crippen MR) is 112 cm³/mol. The highest BCUT2D eigenvalue weighted by Gasteiger charge is 2.29. The van der Waals surface area contributed by atoms with Crippen LogP contribution in [0.5, 0.6) is 0 Å². The Labute approximate surface area is 170 Å². The van der Waals surface area contributed by atoms with E-state index in [4.69, 9.17) is 4.42 Å². The summed E-state index contributed by atoms with van der Waals surface area (Å²) in [7, 11) is -3.52. The molecule has 5 nitrogen and oxygen atoms in total. The molecule has 0 saturated heterocycles. The summed E-state index contributed by atoms with van der Waals surface area (Å²) in [4.78, 5) is 4.64. The largest absolute Gasteiger partial charge is 0.440 e. The molecule has 6 heteroatoms. The van der Waals surface area contributed by atoms with E-state index >= 15 is 0 Å². The topological polar surface area (TPSA) is 63.4 Å². The van der Waals surface area contributed by atoms with Gasteiger partial charge in [0, 0.05) is 24.6 Å². The van der Waals surface area contributed by atoms with E-state index in [2.05, 4.69) is 17.1 Å². The molecule has 1 aliphatic heterocycles. The van der Waals surface area contributed by atoms with Crippen LogP contribution in [0.1, 0.15) is 36.6 Å². The van der Waals surface area contributed by atoms with Crippen molar-refractivity contribution in [2.75, 3.05) is 13.1 Å². The number of rotatable bonds is 5. The highest BCUT2D eigenvalue weighted by atomic mass is 32.2. The van der Waals surface area contributed by atoms with Crippen molar-refractivity contribution < 1.29 is 12.8 Å². The van der Waals surface area contributed by atoms with Gasteiger partial charge in [-0.3, -0.25) is 0 Å². The van der Waals surface area contributed by atoms with Crippen LogP contribution in [0.3, 0.4) is 0 Å². The summed E-state index contributed by atoms with van der Waals surface area (Å²) in [5.74, 6) is 1.92. The fourth-order valence-corrected chi connectivity index (χ4v) is 5.04. The molecule has 2 heterocycles. The third-order valence-corrected chi connectivity index (χ3v) is 7.42. The first-order valence-electron chi connectivity index (χ1n) is 9.92. The third kappa shape index (κ3) is 3.66. The number of oxazole rings is 1. The van der Waals surface area contributed by atoms with Crippen LogP contribution in [0.15, 0.2) is 76.2 Å². The summed E-state index contributed by atoms with van der Waals surface area (Å²) in [5.41, 5.74) is 3.20. The molecule has 1 fully saturated rings. The summed E-state index contributed by atoms with van der Waals surface area (Å²) in [6.45, 7) is 0.874. The molecule has 0 N–H and O–H groups in total. The Balaban J connectivity index is 1.32. The second-order valence-corrected chi connectivity index (χ2v) is 9.51. The van der Waals surface area contributed by atoms with Crippen LogP contribution >= 0.6 is 0 Å². The van der Waals surface area contributed by atoms with Gasteiger partial charge in [0.25, 0.3) is 0 Å². The molecule has 0 spiro atoms. The fraction of sp³-hybridized carbons (Fsp3) is 0.261. The van der Waals surface area contributed by atoms with Crippen molar-refractivity contribution in [1.29, 1.82) is 0 Å². The monoisotopic (exact) mass is 406 g/mol. The molecule has 5 rings (SSSR count). The lowest BCUT2D eigenvalue weighted by molar-refractivity contribution is 0.441. The fourth-order valence-electron chi connectivity index (χ4n) is 3.66. The summed E-state index contributed by atoms with van der Waals surface area (Å²) in [6, 6.07) is 17.0. The molecule has 0 bridgehead atoms. The van der Waals surface area contributed by atoms with E-state index in [-0.39, 0.29) is 0 Å². The van der Waals surface area contributed by atoms with Gasteiger partial charge in [-0.15, -0.1) is 0 Å². The van der Waals surface area contributed by atoms with Crippen LogP contribution in [-0.4, -0.2) is 30.8 Å². The molecule has 2 aliphatic rings. The second kappa shape index (κ2) is 7.28. The van der Waals surface area contributed by atoms with Gasteiger partial charge in [0.15, 0.2) is 11.7 Å². The van der Waals surface area contributed by atoms with Crippen molar-refractivity contribution in [2.24, 2.45) is 0 Å². The molecule has 29 heavy (non-hydrogen) atoms. The predicted octanol–water partition coefficient (Wildman–Crippen LogP) is 4.70. The van der Waals surface area contributed by atoms with Crippen LogP contribution in [-0.2, 0) is 10.0 Å². The van der Waals surface area contributed by atoms with E-state index in [0.717, 1.165) is 29.9 Å². The average Bonchev–Trinajstić information content (AvgIpc) is 3.51. The maximum absolute atomic E-state index is 13.0. The molecule has 2 aromatic carbocycles. The molecule has 0 unspecified atom stereocenters. The number of benzene rings is 2. The molecule has 148 valence electrons. The Morgan fingerprint density at radius 2 is 1.72 bits per heavy atom. The van der Waals surface area contributed by atoms with Gasteiger partial charge in [0.1, 0.15) is 0 Å². The maximum atomic E-state index is 13.0. The Kier molecular flexibility index (Phi) is 4.60. The van der Waals surface area contributed by atoms with Gasteiger partial charge in [0.05, 0.1) is 11.1 Å². The number of hydrogen-bond acceptors (Lipinski definition) is 4. The lowest BCUT2D eigenvalue weighted by Crippen LogP contribution is -2.34. The Hall–Kier alpha value is -2.70. The Bertz CT molecular complexity index is 1140. The second-order valence-electron chi connectivity index (χ2n) is 7.57. The Morgan fingerprint density at radius 3 is 2.38 bits per heavy atom. The molecular weight excluding hydrogens is 384 g/mol. The van der Waals surface area contributed by atoms with Crippen molar-refractivity contribution >= 4 is 15.6 Å². The number of aromatic nitrogens is 1. The third-order valence-electron chi connectivity index (χ3n) is 5.54. The van der Waals surface area contributed by atoms with Crippen LogP contribution in [0.2, 0.25) is 0 Å². The van der Waals surface area contributed by atoms with E-state index < -0.39 is 10.0 Å². The highest BCUT2D eigenvalue weighted by molar-refractivity contribution is 7.89. The van der Waals surface area contributed by atoms with Crippen LogP contribution < -0.4 is 0 Å². The van der Waals surface area contributed by atoms with Gasteiger partial charge >= 0.3 is 0 Å². The summed E-state index contributed by atoms with van der Waals surface area (Å²) in [5, 5.41) is 0. The standard InChI is InChI=1S/C23H22N2O3S/c26-29(27,25-14-12-18(13-15-25)17-4-2-1-3-5-17)21-10-8-19(9-11-21)22-16-24-23(28-22)20-6-7-20/h1-5,8-12,16,20H,6-7,13-15H2. The van der Waals surface area contributed by atoms with Crippen molar-refractivity contribution in [1.82, 2.24) is 9.29 Å². The minimum atomic E-state index is -3.52. The van der Waals surface area contributed by atoms with Crippen molar-refractivity contribution in [3.63, 3.8) is 0 Å². The van der Waals surface area contributed by atoms with Gasteiger partial charge in [-0.25, -0.2) is 13.4 Å². The zero-order valence-corrected chi connectivity index (χ0v) is 16.8. The lowest BCUT2D eigenvalue weighted by Gasteiger charge is -2.26. The minimum Gasteiger partial charge on any atom is -0.440 e. The molecule has 1 aliphatic carbocycles. The van der Waals surface area contributed by atoms with Crippen molar-refractivity contribution in [3.8, 4) is 11.3 Å². The van der Waals surface area contributed by atoms with E-state index in [1.165, 1.54) is 9.88 Å². The summed E-state index contributed by atoms with van der Waals surface area (Å²) >= 11 is 0. The molecule has 0 radical (unpaired) electrons.